The van der Waals surface area contributed by atoms with E-state index in [1.807, 2.05) is 30.4 Å². The molecule has 1 aliphatic carbocycles. The van der Waals surface area contributed by atoms with Crippen molar-refractivity contribution in [3.63, 3.8) is 0 Å². The van der Waals surface area contributed by atoms with Crippen LogP contribution >= 0.6 is 0 Å². The second kappa shape index (κ2) is 3.89. The van der Waals surface area contributed by atoms with Gasteiger partial charge < -0.3 is 0 Å². The molecule has 1 unspecified atom stereocenters. The molecule has 1 atom stereocenters. The Bertz CT molecular complexity index is 410. The van der Waals surface area contributed by atoms with E-state index in [0.29, 0.717) is 0 Å². The smallest absolute Gasteiger partial charge is 0.0753 e. The molecule has 0 amide bonds. The second-order valence-corrected chi connectivity index (χ2v) is 3.20. The summed E-state index contributed by atoms with van der Waals surface area (Å²) < 4.78 is 0. The molecule has 68 valence electrons. The van der Waals surface area contributed by atoms with Gasteiger partial charge in [-0.15, -0.1) is 0 Å². The van der Waals surface area contributed by atoms with E-state index in [9.17, 15) is 0 Å². The van der Waals surface area contributed by atoms with Crippen LogP contribution in [0.5, 0.6) is 0 Å². The van der Waals surface area contributed by atoms with Gasteiger partial charge in [0.1, 0.15) is 0 Å². The number of pyridine rings is 1. The van der Waals surface area contributed by atoms with Crippen molar-refractivity contribution >= 4 is 5.57 Å². The monoisotopic (exact) mass is 182 g/mol. The Labute approximate surface area is 83.2 Å². The van der Waals surface area contributed by atoms with Gasteiger partial charge in [-0.25, -0.2) is 0 Å². The molecule has 0 aliphatic heterocycles. The lowest BCUT2D eigenvalue weighted by Gasteiger charge is -2.14. The van der Waals surface area contributed by atoms with E-state index in [4.69, 9.17) is 5.26 Å². The summed E-state index contributed by atoms with van der Waals surface area (Å²) >= 11 is 0. The first kappa shape index (κ1) is 8.71. The van der Waals surface area contributed by atoms with Crippen LogP contribution in [-0.4, -0.2) is 4.98 Å². The van der Waals surface area contributed by atoms with Crippen molar-refractivity contribution in [2.45, 2.75) is 6.42 Å². The summed E-state index contributed by atoms with van der Waals surface area (Å²) in [5.74, 6) is -0.0117. The largest absolute Gasteiger partial charge is 0.265 e. The second-order valence-electron chi connectivity index (χ2n) is 3.20. The average Bonchev–Trinajstić information content (AvgIpc) is 2.30. The van der Waals surface area contributed by atoms with Crippen molar-refractivity contribution in [2.75, 3.05) is 0 Å². The van der Waals surface area contributed by atoms with Crippen LogP contribution in [-0.2, 0) is 0 Å². The Morgan fingerprint density at radius 1 is 1.36 bits per heavy atom. The third kappa shape index (κ3) is 1.57. The minimum atomic E-state index is -0.0117. The minimum absolute atomic E-state index is 0.0117. The van der Waals surface area contributed by atoms with Crippen molar-refractivity contribution in [3.05, 3.63) is 48.3 Å². The van der Waals surface area contributed by atoms with Crippen LogP contribution in [0, 0.1) is 17.2 Å². The third-order valence-electron chi connectivity index (χ3n) is 2.33. The molecular weight excluding hydrogens is 172 g/mol. The van der Waals surface area contributed by atoms with Crippen molar-refractivity contribution in [3.8, 4) is 6.07 Å². The number of nitriles is 1. The maximum absolute atomic E-state index is 8.98. The first-order valence-electron chi connectivity index (χ1n) is 4.58. The van der Waals surface area contributed by atoms with Crippen LogP contribution in [0.2, 0.25) is 0 Å². The topological polar surface area (TPSA) is 36.7 Å². The van der Waals surface area contributed by atoms with Gasteiger partial charge in [0.05, 0.1) is 12.0 Å². The zero-order valence-electron chi connectivity index (χ0n) is 7.72. The van der Waals surface area contributed by atoms with Crippen molar-refractivity contribution in [1.29, 1.82) is 5.26 Å². The van der Waals surface area contributed by atoms with E-state index in [2.05, 4.69) is 11.1 Å². The summed E-state index contributed by atoms with van der Waals surface area (Å²) in [6.45, 7) is 0. The quantitative estimate of drug-likeness (QED) is 0.669. The summed E-state index contributed by atoms with van der Waals surface area (Å²) in [5, 5.41) is 8.98. The summed E-state index contributed by atoms with van der Waals surface area (Å²) in [6, 6.07) is 6.19. The van der Waals surface area contributed by atoms with Crippen molar-refractivity contribution in [2.24, 2.45) is 5.92 Å². The zero-order valence-corrected chi connectivity index (χ0v) is 7.72. The van der Waals surface area contributed by atoms with E-state index < -0.39 is 0 Å². The van der Waals surface area contributed by atoms with Gasteiger partial charge in [0.25, 0.3) is 0 Å². The number of rotatable bonds is 1. The maximum Gasteiger partial charge on any atom is 0.0753 e. The molecule has 1 aromatic rings. The molecule has 1 heterocycles. The fraction of sp³-hybridized carbons (Fsp3) is 0.167. The number of aromatic nitrogens is 1. The maximum atomic E-state index is 8.98. The molecule has 0 fully saturated rings. The molecule has 0 spiro atoms. The Morgan fingerprint density at radius 3 is 2.86 bits per heavy atom. The van der Waals surface area contributed by atoms with Gasteiger partial charge in [-0.2, -0.15) is 5.26 Å². The van der Waals surface area contributed by atoms with Gasteiger partial charge >= 0.3 is 0 Å². The van der Waals surface area contributed by atoms with E-state index in [-0.39, 0.29) is 5.92 Å². The fourth-order valence-corrected chi connectivity index (χ4v) is 1.59. The van der Waals surface area contributed by atoms with Crippen molar-refractivity contribution < 1.29 is 0 Å². The van der Waals surface area contributed by atoms with Crippen LogP contribution < -0.4 is 0 Å². The Morgan fingerprint density at radius 2 is 2.14 bits per heavy atom. The number of allylic oxidation sites excluding steroid dienone is 4. The highest BCUT2D eigenvalue weighted by atomic mass is 14.6. The van der Waals surface area contributed by atoms with E-state index in [0.717, 1.165) is 17.6 Å². The van der Waals surface area contributed by atoms with Crippen molar-refractivity contribution in [1.82, 2.24) is 4.98 Å². The summed E-state index contributed by atoms with van der Waals surface area (Å²) in [5.41, 5.74) is 2.19. The van der Waals surface area contributed by atoms with Gasteiger partial charge in [-0.3, -0.25) is 4.98 Å². The predicted molar refractivity (Wildman–Crippen MR) is 55.1 cm³/mol. The predicted octanol–water partition coefficient (Wildman–Crippen LogP) is 2.56. The molecule has 2 nitrogen and oxygen atoms in total. The molecule has 0 saturated carbocycles. The van der Waals surface area contributed by atoms with Crippen LogP contribution in [0.3, 0.4) is 0 Å². The lowest BCUT2D eigenvalue weighted by molar-refractivity contribution is 0.859. The van der Waals surface area contributed by atoms with Gasteiger partial charge in [0.15, 0.2) is 0 Å². The van der Waals surface area contributed by atoms with Crippen LogP contribution in [0.25, 0.3) is 5.57 Å². The molecule has 0 saturated heterocycles. The summed E-state index contributed by atoms with van der Waals surface area (Å²) in [4.78, 5) is 3.96. The lowest BCUT2D eigenvalue weighted by Crippen LogP contribution is -2.02. The molecule has 2 rings (SSSR count). The SMILES string of the molecule is N#CC1CC=CC=C1c1ccncc1. The molecular formula is C12H10N2. The van der Waals surface area contributed by atoms with E-state index >= 15 is 0 Å². The average molecular weight is 182 g/mol. The van der Waals surface area contributed by atoms with Gasteiger partial charge in [-0.05, 0) is 29.7 Å². The van der Waals surface area contributed by atoms with Gasteiger partial charge in [0.2, 0.25) is 0 Å². The molecule has 1 aromatic heterocycles. The van der Waals surface area contributed by atoms with E-state index in [1.165, 1.54) is 0 Å². The number of nitrogens with zero attached hydrogens (tertiary/aromatic N) is 2. The Balaban J connectivity index is 2.38. The van der Waals surface area contributed by atoms with Crippen LogP contribution in [0.4, 0.5) is 0 Å². The molecule has 0 N–H and O–H groups in total. The Hall–Kier alpha value is -1.88. The molecule has 0 aromatic carbocycles. The lowest BCUT2D eigenvalue weighted by atomic mass is 9.88. The summed E-state index contributed by atoms with van der Waals surface area (Å²) in [6.07, 6.45) is 10.4. The minimum Gasteiger partial charge on any atom is -0.265 e. The first-order valence-corrected chi connectivity index (χ1v) is 4.58. The molecule has 14 heavy (non-hydrogen) atoms. The Kier molecular flexibility index (Phi) is 2.42. The number of hydrogen-bond donors (Lipinski definition) is 0. The zero-order chi connectivity index (χ0) is 9.80. The molecule has 0 bridgehead atoms. The third-order valence-corrected chi connectivity index (χ3v) is 2.33. The molecule has 1 aliphatic rings. The molecule has 2 heteroatoms. The summed E-state index contributed by atoms with van der Waals surface area (Å²) in [7, 11) is 0. The van der Waals surface area contributed by atoms with E-state index in [1.54, 1.807) is 12.4 Å². The van der Waals surface area contributed by atoms with Crippen LogP contribution in [0.1, 0.15) is 12.0 Å². The highest BCUT2D eigenvalue weighted by Crippen LogP contribution is 2.28. The first-order chi connectivity index (χ1) is 6.92. The van der Waals surface area contributed by atoms with Gasteiger partial charge in [-0.1, -0.05) is 18.2 Å². The molecule has 0 radical (unpaired) electrons. The normalized spacial score (nSPS) is 19.9. The van der Waals surface area contributed by atoms with Crippen LogP contribution in [0.15, 0.2) is 42.8 Å². The highest BCUT2D eigenvalue weighted by Gasteiger charge is 2.15. The van der Waals surface area contributed by atoms with Gasteiger partial charge in [0, 0.05) is 12.4 Å². The standard InChI is InChI=1S/C12H10N2/c13-9-11-3-1-2-4-12(11)10-5-7-14-8-6-10/h1-2,4-8,11H,3H2. The number of hydrogen-bond acceptors (Lipinski definition) is 2. The highest BCUT2D eigenvalue weighted by molar-refractivity contribution is 5.71. The fourth-order valence-electron chi connectivity index (χ4n) is 1.59.